The molecule has 1 aliphatic heterocycles. The van der Waals surface area contributed by atoms with Crippen molar-refractivity contribution in [3.05, 3.63) is 70.8 Å². The third-order valence-electron chi connectivity index (χ3n) is 4.63. The average Bonchev–Trinajstić information content (AvgIpc) is 2.96. The zero-order valence-corrected chi connectivity index (χ0v) is 15.8. The number of hydrogen-bond donors (Lipinski definition) is 0. The van der Waals surface area contributed by atoms with Crippen LogP contribution in [0.4, 0.5) is 8.78 Å². The Hall–Kier alpha value is -3.13. The van der Waals surface area contributed by atoms with Crippen LogP contribution < -0.4 is 0 Å². The fraction of sp³-hybridized carbons (Fsp3) is 0.286. The molecule has 3 amide bonds. The summed E-state index contributed by atoms with van der Waals surface area (Å²) in [6.07, 6.45) is -2.65. The number of amides is 3. The minimum Gasteiger partial charge on any atom is -0.383 e. The Morgan fingerprint density at radius 3 is 2.14 bits per heavy atom. The van der Waals surface area contributed by atoms with E-state index < -0.39 is 18.9 Å². The topological polar surface area (TPSA) is 66.9 Å². The molecule has 8 heteroatoms. The van der Waals surface area contributed by atoms with Gasteiger partial charge in [0.05, 0.1) is 30.8 Å². The normalized spacial score (nSPS) is 13.2. The summed E-state index contributed by atoms with van der Waals surface area (Å²) in [7, 11) is 1.43. The first kappa shape index (κ1) is 20.6. The maximum Gasteiger partial charge on any atom is 0.261 e. The van der Waals surface area contributed by atoms with Gasteiger partial charge in [-0.3, -0.25) is 19.3 Å². The van der Waals surface area contributed by atoms with Gasteiger partial charge in [-0.25, -0.2) is 8.78 Å². The molecule has 0 aliphatic carbocycles. The molecular formula is C21H20F2N2O4. The van der Waals surface area contributed by atoms with Crippen molar-refractivity contribution in [1.82, 2.24) is 9.80 Å². The Morgan fingerprint density at radius 1 is 1.03 bits per heavy atom. The van der Waals surface area contributed by atoms with Gasteiger partial charge in [0, 0.05) is 19.2 Å². The van der Waals surface area contributed by atoms with Crippen molar-refractivity contribution in [2.24, 2.45) is 0 Å². The first-order chi connectivity index (χ1) is 13.9. The third kappa shape index (κ3) is 4.48. The largest absolute Gasteiger partial charge is 0.383 e. The second-order valence-electron chi connectivity index (χ2n) is 6.57. The van der Waals surface area contributed by atoms with Crippen molar-refractivity contribution < 1.29 is 27.9 Å². The Bertz CT molecular complexity index is 880. The van der Waals surface area contributed by atoms with Crippen LogP contribution in [0, 0.1) is 0 Å². The summed E-state index contributed by atoms with van der Waals surface area (Å²) in [4.78, 5) is 39.6. The van der Waals surface area contributed by atoms with Gasteiger partial charge >= 0.3 is 0 Å². The molecule has 2 aromatic carbocycles. The second kappa shape index (κ2) is 8.91. The lowest BCUT2D eigenvalue weighted by Gasteiger charge is -2.22. The van der Waals surface area contributed by atoms with Gasteiger partial charge < -0.3 is 9.64 Å². The fourth-order valence-corrected chi connectivity index (χ4v) is 3.14. The highest BCUT2D eigenvalue weighted by molar-refractivity contribution is 6.21. The molecule has 2 aromatic rings. The highest BCUT2D eigenvalue weighted by atomic mass is 19.3. The van der Waals surface area contributed by atoms with Crippen LogP contribution in [0.5, 0.6) is 0 Å². The number of benzene rings is 2. The highest BCUT2D eigenvalue weighted by Gasteiger charge is 2.34. The van der Waals surface area contributed by atoms with Crippen molar-refractivity contribution in [1.29, 1.82) is 0 Å². The van der Waals surface area contributed by atoms with E-state index in [9.17, 15) is 23.2 Å². The van der Waals surface area contributed by atoms with E-state index in [-0.39, 0.29) is 37.1 Å². The predicted molar refractivity (Wildman–Crippen MR) is 101 cm³/mol. The fourth-order valence-electron chi connectivity index (χ4n) is 3.14. The minimum absolute atomic E-state index is 0.0520. The van der Waals surface area contributed by atoms with Crippen LogP contribution in [0.25, 0.3) is 0 Å². The number of ether oxygens (including phenoxy) is 1. The molecule has 0 spiro atoms. The van der Waals surface area contributed by atoms with Gasteiger partial charge in [-0.05, 0) is 29.8 Å². The maximum absolute atomic E-state index is 12.8. The van der Waals surface area contributed by atoms with Crippen LogP contribution in [0.3, 0.4) is 0 Å². The molecule has 29 heavy (non-hydrogen) atoms. The van der Waals surface area contributed by atoms with E-state index in [1.807, 2.05) is 0 Å². The summed E-state index contributed by atoms with van der Waals surface area (Å²) in [6, 6.07) is 12.8. The van der Waals surface area contributed by atoms with Crippen LogP contribution in [-0.4, -0.2) is 60.8 Å². The van der Waals surface area contributed by atoms with Crippen molar-refractivity contribution in [2.45, 2.75) is 13.0 Å². The summed E-state index contributed by atoms with van der Waals surface area (Å²) in [5, 5.41) is 0. The molecule has 0 fully saturated rings. The van der Waals surface area contributed by atoms with E-state index in [1.165, 1.54) is 19.2 Å². The third-order valence-corrected chi connectivity index (χ3v) is 4.63. The number of rotatable bonds is 8. The number of imide groups is 1. The number of fused-ring (bicyclic) bond motifs is 1. The zero-order chi connectivity index (χ0) is 21.0. The molecule has 0 N–H and O–H groups in total. The molecule has 3 rings (SSSR count). The van der Waals surface area contributed by atoms with E-state index in [4.69, 9.17) is 4.74 Å². The first-order valence-corrected chi connectivity index (χ1v) is 9.03. The SMILES string of the molecule is COCCN(CC(F)F)C(=O)c1ccc(CN2C(=O)c3ccccc3C2=O)cc1. The van der Waals surface area contributed by atoms with Crippen molar-refractivity contribution in [3.63, 3.8) is 0 Å². The zero-order valence-electron chi connectivity index (χ0n) is 15.8. The molecule has 0 aromatic heterocycles. The van der Waals surface area contributed by atoms with Gasteiger partial charge in [-0.15, -0.1) is 0 Å². The lowest BCUT2D eigenvalue weighted by molar-refractivity contribution is 0.0478. The smallest absolute Gasteiger partial charge is 0.261 e. The van der Waals surface area contributed by atoms with Gasteiger partial charge in [0.15, 0.2) is 0 Å². The molecule has 0 atom stereocenters. The van der Waals surface area contributed by atoms with E-state index >= 15 is 0 Å². The van der Waals surface area contributed by atoms with E-state index in [1.54, 1.807) is 36.4 Å². The van der Waals surface area contributed by atoms with Gasteiger partial charge in [0.25, 0.3) is 24.1 Å². The summed E-state index contributed by atoms with van der Waals surface area (Å²) in [5.74, 6) is -1.27. The van der Waals surface area contributed by atoms with Crippen LogP contribution in [0.1, 0.15) is 36.6 Å². The summed E-state index contributed by atoms with van der Waals surface area (Å²) >= 11 is 0. The quantitative estimate of drug-likeness (QED) is 0.637. The van der Waals surface area contributed by atoms with E-state index in [0.717, 1.165) is 9.80 Å². The number of carbonyl (C=O) groups excluding carboxylic acids is 3. The molecule has 1 aliphatic rings. The molecule has 0 bridgehead atoms. The average molecular weight is 402 g/mol. The number of nitrogens with zero attached hydrogens (tertiary/aromatic N) is 2. The first-order valence-electron chi connectivity index (χ1n) is 9.03. The molecule has 6 nitrogen and oxygen atoms in total. The van der Waals surface area contributed by atoms with Crippen molar-refractivity contribution in [2.75, 3.05) is 26.8 Å². The van der Waals surface area contributed by atoms with Gasteiger partial charge in [0.2, 0.25) is 0 Å². The Morgan fingerprint density at radius 2 is 1.62 bits per heavy atom. The van der Waals surface area contributed by atoms with Crippen LogP contribution in [0.2, 0.25) is 0 Å². The molecule has 1 heterocycles. The number of alkyl halides is 2. The number of carbonyl (C=O) groups is 3. The molecule has 0 unspecified atom stereocenters. The van der Waals surface area contributed by atoms with E-state index in [0.29, 0.717) is 16.7 Å². The molecule has 0 radical (unpaired) electrons. The lowest BCUT2D eigenvalue weighted by atomic mass is 10.1. The van der Waals surface area contributed by atoms with Crippen molar-refractivity contribution in [3.8, 4) is 0 Å². The standard InChI is InChI=1S/C21H20F2N2O4/c1-29-11-10-24(13-18(22)23)19(26)15-8-6-14(7-9-15)12-25-20(27)16-4-2-3-5-17(16)21(25)28/h2-9,18H,10-13H2,1H3. The van der Waals surface area contributed by atoms with Crippen LogP contribution in [-0.2, 0) is 11.3 Å². The van der Waals surface area contributed by atoms with Crippen molar-refractivity contribution >= 4 is 17.7 Å². The summed E-state index contributed by atoms with van der Waals surface area (Å²) in [5.41, 5.74) is 1.62. The molecule has 0 saturated heterocycles. The Kier molecular flexibility index (Phi) is 6.33. The number of hydrogen-bond acceptors (Lipinski definition) is 4. The molecule has 0 saturated carbocycles. The van der Waals surface area contributed by atoms with E-state index in [2.05, 4.69) is 0 Å². The number of methoxy groups -OCH3 is 1. The maximum atomic E-state index is 12.8. The second-order valence-corrected chi connectivity index (χ2v) is 6.57. The predicted octanol–water partition coefficient (Wildman–Crippen LogP) is 2.84. The Labute approximate surface area is 166 Å². The van der Waals surface area contributed by atoms with Crippen LogP contribution in [0.15, 0.2) is 48.5 Å². The minimum atomic E-state index is -2.65. The summed E-state index contributed by atoms with van der Waals surface area (Å²) in [6.45, 7) is -0.420. The monoisotopic (exact) mass is 402 g/mol. The van der Waals surface area contributed by atoms with Crippen LogP contribution >= 0.6 is 0 Å². The molecule has 152 valence electrons. The number of halogens is 2. The molecular weight excluding hydrogens is 382 g/mol. The lowest BCUT2D eigenvalue weighted by Crippen LogP contribution is -2.37. The van der Waals surface area contributed by atoms with Gasteiger partial charge in [-0.2, -0.15) is 0 Å². The van der Waals surface area contributed by atoms with Gasteiger partial charge in [0.1, 0.15) is 0 Å². The highest BCUT2D eigenvalue weighted by Crippen LogP contribution is 2.24. The summed E-state index contributed by atoms with van der Waals surface area (Å²) < 4.78 is 30.4. The van der Waals surface area contributed by atoms with Gasteiger partial charge in [-0.1, -0.05) is 24.3 Å². The Balaban J connectivity index is 1.71.